The third-order valence-electron chi connectivity index (χ3n) is 4.14. The number of amides is 1. The first kappa shape index (κ1) is 15.8. The molecule has 2 heterocycles. The summed E-state index contributed by atoms with van der Waals surface area (Å²) in [5.41, 5.74) is 2.65. The molecule has 0 radical (unpaired) electrons. The highest BCUT2D eigenvalue weighted by Crippen LogP contribution is 2.27. The molecule has 1 saturated heterocycles. The van der Waals surface area contributed by atoms with Crippen LogP contribution in [0.1, 0.15) is 30.4 Å². The van der Waals surface area contributed by atoms with Gasteiger partial charge in [0.1, 0.15) is 0 Å². The van der Waals surface area contributed by atoms with Crippen molar-refractivity contribution >= 4 is 34.2 Å². The van der Waals surface area contributed by atoms with Crippen molar-refractivity contribution in [1.82, 2.24) is 10.2 Å². The lowest BCUT2D eigenvalue weighted by Gasteiger charge is -2.34. The van der Waals surface area contributed by atoms with Crippen LogP contribution in [0.4, 0.5) is 0 Å². The SMILES string of the molecule is Cl.O=C(C1CCCCN1)N1CCc2cccc(Br)c2C1. The molecule has 0 aliphatic carbocycles. The van der Waals surface area contributed by atoms with Gasteiger partial charge in [0.2, 0.25) is 5.91 Å². The Balaban J connectivity index is 0.00000147. The second kappa shape index (κ2) is 6.92. The number of rotatable bonds is 1. The number of hydrogen-bond acceptors (Lipinski definition) is 2. The van der Waals surface area contributed by atoms with Crippen LogP contribution in [0.5, 0.6) is 0 Å². The molecule has 1 unspecified atom stereocenters. The smallest absolute Gasteiger partial charge is 0.240 e. The van der Waals surface area contributed by atoms with E-state index >= 15 is 0 Å². The molecular weight excluding hydrogens is 340 g/mol. The molecule has 1 N–H and O–H groups in total. The fourth-order valence-corrected chi connectivity index (χ4v) is 3.54. The topological polar surface area (TPSA) is 32.3 Å². The highest BCUT2D eigenvalue weighted by atomic mass is 79.9. The summed E-state index contributed by atoms with van der Waals surface area (Å²) in [6.07, 6.45) is 4.31. The van der Waals surface area contributed by atoms with Gasteiger partial charge in [0.25, 0.3) is 0 Å². The molecule has 0 bridgehead atoms. The number of halogens is 2. The van der Waals surface area contributed by atoms with Crippen LogP contribution < -0.4 is 5.32 Å². The highest BCUT2D eigenvalue weighted by Gasteiger charge is 2.28. The van der Waals surface area contributed by atoms with Gasteiger partial charge in [0, 0.05) is 17.6 Å². The maximum absolute atomic E-state index is 12.5. The summed E-state index contributed by atoms with van der Waals surface area (Å²) in [4.78, 5) is 14.5. The van der Waals surface area contributed by atoms with Crippen LogP contribution in [0, 0.1) is 0 Å². The predicted octanol–water partition coefficient (Wildman–Crippen LogP) is 2.90. The molecule has 5 heteroatoms. The second-order valence-corrected chi connectivity index (χ2v) is 6.24. The van der Waals surface area contributed by atoms with Gasteiger partial charge < -0.3 is 10.2 Å². The highest BCUT2D eigenvalue weighted by molar-refractivity contribution is 9.10. The lowest BCUT2D eigenvalue weighted by molar-refractivity contribution is -0.135. The maximum Gasteiger partial charge on any atom is 0.240 e. The van der Waals surface area contributed by atoms with Crippen molar-refractivity contribution in [3.8, 4) is 0 Å². The van der Waals surface area contributed by atoms with E-state index in [1.54, 1.807) is 0 Å². The molecular formula is C15H20BrClN2O. The molecule has 2 aliphatic heterocycles. The lowest BCUT2D eigenvalue weighted by atomic mass is 9.98. The number of carbonyl (C=O) groups excluding carboxylic acids is 1. The molecule has 1 atom stereocenters. The summed E-state index contributed by atoms with van der Waals surface area (Å²) in [6.45, 7) is 2.57. The number of piperidine rings is 1. The number of nitrogens with zero attached hydrogens (tertiary/aromatic N) is 1. The van der Waals surface area contributed by atoms with Crippen molar-refractivity contribution in [3.63, 3.8) is 0 Å². The number of nitrogens with one attached hydrogen (secondary N) is 1. The van der Waals surface area contributed by atoms with E-state index in [-0.39, 0.29) is 24.4 Å². The zero-order valence-electron chi connectivity index (χ0n) is 11.4. The predicted molar refractivity (Wildman–Crippen MR) is 86.2 cm³/mol. The van der Waals surface area contributed by atoms with E-state index in [4.69, 9.17) is 0 Å². The Labute approximate surface area is 134 Å². The molecule has 0 aromatic heterocycles. The Morgan fingerprint density at radius 3 is 2.95 bits per heavy atom. The van der Waals surface area contributed by atoms with Gasteiger partial charge in [-0.1, -0.05) is 34.5 Å². The molecule has 1 fully saturated rings. The number of carbonyl (C=O) groups is 1. The van der Waals surface area contributed by atoms with Crippen molar-refractivity contribution in [2.24, 2.45) is 0 Å². The normalized spacial score (nSPS) is 21.9. The van der Waals surface area contributed by atoms with E-state index in [1.165, 1.54) is 17.5 Å². The first-order valence-electron chi connectivity index (χ1n) is 7.04. The van der Waals surface area contributed by atoms with Crippen molar-refractivity contribution in [1.29, 1.82) is 0 Å². The molecule has 2 aliphatic rings. The van der Waals surface area contributed by atoms with E-state index in [1.807, 2.05) is 4.90 Å². The molecule has 1 aromatic rings. The largest absolute Gasteiger partial charge is 0.337 e. The molecule has 0 saturated carbocycles. The van der Waals surface area contributed by atoms with Crippen molar-refractivity contribution in [2.45, 2.75) is 38.3 Å². The van der Waals surface area contributed by atoms with Crippen LogP contribution in [-0.4, -0.2) is 29.9 Å². The van der Waals surface area contributed by atoms with Gasteiger partial charge in [0.15, 0.2) is 0 Å². The first-order valence-corrected chi connectivity index (χ1v) is 7.83. The standard InChI is InChI=1S/C15H19BrN2O.ClH/c16-13-5-3-4-11-7-9-18(10-12(11)13)15(19)14-6-1-2-8-17-14;/h3-5,14,17H,1-2,6-10H2;1H. The Morgan fingerprint density at radius 2 is 2.20 bits per heavy atom. The van der Waals surface area contributed by atoms with E-state index < -0.39 is 0 Å². The van der Waals surface area contributed by atoms with Gasteiger partial charge in [-0.3, -0.25) is 4.79 Å². The summed E-state index contributed by atoms with van der Waals surface area (Å²) >= 11 is 3.60. The van der Waals surface area contributed by atoms with Gasteiger partial charge in [-0.25, -0.2) is 0 Å². The molecule has 110 valence electrons. The third kappa shape index (κ3) is 3.18. The quantitative estimate of drug-likeness (QED) is 0.836. The van der Waals surface area contributed by atoms with Crippen molar-refractivity contribution in [3.05, 3.63) is 33.8 Å². The third-order valence-corrected chi connectivity index (χ3v) is 4.88. The first-order chi connectivity index (χ1) is 9.25. The van der Waals surface area contributed by atoms with Crippen LogP contribution in [0.3, 0.4) is 0 Å². The fraction of sp³-hybridized carbons (Fsp3) is 0.533. The van der Waals surface area contributed by atoms with Gasteiger partial charge in [-0.2, -0.15) is 0 Å². The summed E-state index contributed by atoms with van der Waals surface area (Å²) < 4.78 is 1.12. The van der Waals surface area contributed by atoms with Crippen molar-refractivity contribution < 1.29 is 4.79 Å². The molecule has 3 nitrogen and oxygen atoms in total. The Hall–Kier alpha value is -0.580. The summed E-state index contributed by atoms with van der Waals surface area (Å²) in [5, 5.41) is 3.35. The van der Waals surface area contributed by atoms with E-state index in [9.17, 15) is 4.79 Å². The minimum Gasteiger partial charge on any atom is -0.337 e. The zero-order chi connectivity index (χ0) is 13.2. The molecule has 20 heavy (non-hydrogen) atoms. The fourth-order valence-electron chi connectivity index (χ4n) is 3.01. The molecule has 1 amide bonds. The minimum absolute atomic E-state index is 0. The number of fused-ring (bicyclic) bond motifs is 1. The summed E-state index contributed by atoms with van der Waals surface area (Å²) in [5.74, 6) is 0.279. The Morgan fingerprint density at radius 1 is 1.35 bits per heavy atom. The monoisotopic (exact) mass is 358 g/mol. The molecule has 0 spiro atoms. The van der Waals surface area contributed by atoms with Crippen molar-refractivity contribution in [2.75, 3.05) is 13.1 Å². The zero-order valence-corrected chi connectivity index (χ0v) is 13.8. The Kier molecular flexibility index (Phi) is 5.47. The average molecular weight is 360 g/mol. The number of hydrogen-bond donors (Lipinski definition) is 1. The van der Waals surface area contributed by atoms with Crippen LogP contribution in [-0.2, 0) is 17.8 Å². The summed E-state index contributed by atoms with van der Waals surface area (Å²) in [7, 11) is 0. The molecule has 1 aromatic carbocycles. The van der Waals surface area contributed by atoms with Crippen LogP contribution >= 0.6 is 28.3 Å². The minimum atomic E-state index is 0. The average Bonchev–Trinajstić information content (AvgIpc) is 2.47. The Bertz CT molecular complexity index is 489. The van der Waals surface area contributed by atoms with Gasteiger partial charge in [-0.05, 0) is 43.0 Å². The van der Waals surface area contributed by atoms with Gasteiger partial charge in [-0.15, -0.1) is 12.4 Å². The van der Waals surface area contributed by atoms with Gasteiger partial charge in [0.05, 0.1) is 6.04 Å². The lowest BCUT2D eigenvalue weighted by Crippen LogP contribution is -2.49. The van der Waals surface area contributed by atoms with Crippen LogP contribution in [0.25, 0.3) is 0 Å². The van der Waals surface area contributed by atoms with E-state index in [2.05, 4.69) is 39.4 Å². The second-order valence-electron chi connectivity index (χ2n) is 5.39. The van der Waals surface area contributed by atoms with Crippen LogP contribution in [0.2, 0.25) is 0 Å². The number of benzene rings is 1. The van der Waals surface area contributed by atoms with E-state index in [0.29, 0.717) is 0 Å². The van der Waals surface area contributed by atoms with E-state index in [0.717, 1.165) is 43.4 Å². The van der Waals surface area contributed by atoms with Gasteiger partial charge >= 0.3 is 0 Å². The summed E-state index contributed by atoms with van der Waals surface area (Å²) in [6, 6.07) is 6.34. The maximum atomic E-state index is 12.5. The molecule has 3 rings (SSSR count). The van der Waals surface area contributed by atoms with Crippen LogP contribution in [0.15, 0.2) is 22.7 Å².